The first kappa shape index (κ1) is 19.2. The molecule has 1 aliphatic rings. The zero-order chi connectivity index (χ0) is 15.9. The van der Waals surface area contributed by atoms with Gasteiger partial charge in [0.25, 0.3) is 0 Å². The lowest BCUT2D eigenvalue weighted by Crippen LogP contribution is -2.40. The molecule has 3 N–H and O–H groups in total. The number of hydrogen-bond donors (Lipinski definition) is 3. The molecule has 0 spiro atoms. The maximum Gasteiger partial charge on any atom is 0.343 e. The van der Waals surface area contributed by atoms with Gasteiger partial charge in [-0.1, -0.05) is 12.1 Å². The van der Waals surface area contributed by atoms with Crippen molar-refractivity contribution in [3.63, 3.8) is 0 Å². The van der Waals surface area contributed by atoms with E-state index in [1.165, 1.54) is 7.11 Å². The zero-order valence-electron chi connectivity index (χ0n) is 12.8. The number of halogens is 1. The van der Waals surface area contributed by atoms with Crippen LogP contribution in [-0.4, -0.2) is 49.4 Å². The molecule has 128 valence electrons. The van der Waals surface area contributed by atoms with Gasteiger partial charge in [-0.3, -0.25) is 4.79 Å². The van der Waals surface area contributed by atoms with Crippen molar-refractivity contribution in [2.75, 3.05) is 20.3 Å². The van der Waals surface area contributed by atoms with Gasteiger partial charge in [0.05, 0.1) is 19.3 Å². The van der Waals surface area contributed by atoms with Crippen LogP contribution in [-0.2, 0) is 20.9 Å². The molecule has 1 amide bonds. The van der Waals surface area contributed by atoms with Gasteiger partial charge in [-0.2, -0.15) is 0 Å². The number of carbonyl (C=O) groups is 2. The third-order valence-corrected chi connectivity index (χ3v) is 3.37. The fraction of sp³-hybridized carbons (Fsp3) is 0.467. The van der Waals surface area contributed by atoms with Gasteiger partial charge in [-0.05, 0) is 24.1 Å². The molecule has 1 aromatic carbocycles. The van der Waals surface area contributed by atoms with E-state index >= 15 is 0 Å². The molecule has 7 nitrogen and oxygen atoms in total. The quantitative estimate of drug-likeness (QED) is 0.629. The van der Waals surface area contributed by atoms with Crippen LogP contribution in [0.1, 0.15) is 12.0 Å². The molecular weight excluding hydrogens is 324 g/mol. The monoisotopic (exact) mass is 344 g/mol. The number of amides is 1. The van der Waals surface area contributed by atoms with Crippen molar-refractivity contribution in [3.05, 3.63) is 29.8 Å². The number of nitrogens with one attached hydrogen (secondary N) is 2. The van der Waals surface area contributed by atoms with Crippen molar-refractivity contribution in [1.82, 2.24) is 10.6 Å². The normalized spacial score (nSPS) is 19.6. The first-order valence-corrected chi connectivity index (χ1v) is 7.06. The molecule has 23 heavy (non-hydrogen) atoms. The maximum absolute atomic E-state index is 11.9. The van der Waals surface area contributed by atoms with Gasteiger partial charge in [0.15, 0.2) is 6.61 Å². The molecule has 0 saturated carbocycles. The molecule has 1 heterocycles. The Balaban J connectivity index is 0.00000264. The van der Waals surface area contributed by atoms with Gasteiger partial charge in [0.2, 0.25) is 5.91 Å². The number of carbonyl (C=O) groups excluding carboxylic acids is 2. The van der Waals surface area contributed by atoms with E-state index in [1.54, 1.807) is 18.2 Å². The SMILES string of the molecule is COC(=O)COc1cccc(CNC(=O)C2CC(O)CN2)c1.Cl. The summed E-state index contributed by atoms with van der Waals surface area (Å²) < 4.78 is 9.79. The van der Waals surface area contributed by atoms with Crippen LogP contribution in [0.3, 0.4) is 0 Å². The molecule has 2 unspecified atom stereocenters. The van der Waals surface area contributed by atoms with Gasteiger partial charge in [-0.15, -0.1) is 12.4 Å². The largest absolute Gasteiger partial charge is 0.482 e. The van der Waals surface area contributed by atoms with Crippen LogP contribution in [0.5, 0.6) is 5.75 Å². The van der Waals surface area contributed by atoms with Gasteiger partial charge in [0, 0.05) is 13.1 Å². The standard InChI is InChI=1S/C15H20N2O5.ClH/c1-21-14(19)9-22-12-4-2-3-10(5-12)7-17-15(20)13-6-11(18)8-16-13;/h2-5,11,13,16,18H,6-9H2,1H3,(H,17,20);1H. The number of β-amino-alcohol motifs (C(OH)–C–C–N with tert-alkyl or cyclic N) is 1. The number of methoxy groups -OCH3 is 1. The molecule has 0 aliphatic carbocycles. The molecule has 1 saturated heterocycles. The van der Waals surface area contributed by atoms with Crippen molar-refractivity contribution < 1.29 is 24.2 Å². The summed E-state index contributed by atoms with van der Waals surface area (Å²) in [6.07, 6.45) is -0.0421. The molecule has 8 heteroatoms. The Morgan fingerprint density at radius 3 is 2.87 bits per heavy atom. The average molecular weight is 345 g/mol. The van der Waals surface area contributed by atoms with E-state index in [0.29, 0.717) is 25.3 Å². The number of hydrogen-bond acceptors (Lipinski definition) is 6. The molecule has 1 fully saturated rings. The van der Waals surface area contributed by atoms with Crippen molar-refractivity contribution in [2.45, 2.75) is 25.1 Å². The number of rotatable bonds is 6. The van der Waals surface area contributed by atoms with E-state index in [-0.39, 0.29) is 31.0 Å². The summed E-state index contributed by atoms with van der Waals surface area (Å²) >= 11 is 0. The Morgan fingerprint density at radius 2 is 2.22 bits per heavy atom. The summed E-state index contributed by atoms with van der Waals surface area (Å²) in [4.78, 5) is 23.0. The molecule has 0 radical (unpaired) electrons. The van der Waals surface area contributed by atoms with E-state index < -0.39 is 12.1 Å². The minimum absolute atomic E-state index is 0. The molecule has 0 bridgehead atoms. The summed E-state index contributed by atoms with van der Waals surface area (Å²) in [5, 5.41) is 15.2. The smallest absolute Gasteiger partial charge is 0.343 e. The second-order valence-corrected chi connectivity index (χ2v) is 5.08. The Morgan fingerprint density at radius 1 is 1.43 bits per heavy atom. The van der Waals surface area contributed by atoms with Gasteiger partial charge < -0.3 is 25.2 Å². The van der Waals surface area contributed by atoms with Crippen LogP contribution in [0.15, 0.2) is 24.3 Å². The lowest BCUT2D eigenvalue weighted by Gasteiger charge is -2.12. The molecule has 2 rings (SSSR count). The summed E-state index contributed by atoms with van der Waals surface area (Å²) in [7, 11) is 1.30. The van der Waals surface area contributed by atoms with Gasteiger partial charge >= 0.3 is 5.97 Å². The van der Waals surface area contributed by atoms with Crippen molar-refractivity contribution in [2.24, 2.45) is 0 Å². The number of benzene rings is 1. The number of aliphatic hydroxyl groups excluding tert-OH is 1. The lowest BCUT2D eigenvalue weighted by atomic mass is 10.1. The Kier molecular flexibility index (Phi) is 7.80. The molecule has 0 aromatic heterocycles. The van der Waals surface area contributed by atoms with Crippen LogP contribution in [0.2, 0.25) is 0 Å². The van der Waals surface area contributed by atoms with E-state index in [1.807, 2.05) is 6.07 Å². The Labute approximate surface area is 140 Å². The number of aliphatic hydroxyl groups is 1. The van der Waals surface area contributed by atoms with E-state index in [2.05, 4.69) is 15.4 Å². The van der Waals surface area contributed by atoms with Gasteiger partial charge in [-0.25, -0.2) is 4.79 Å². The first-order valence-electron chi connectivity index (χ1n) is 7.06. The molecule has 1 aliphatic heterocycles. The van der Waals surface area contributed by atoms with Crippen molar-refractivity contribution >= 4 is 24.3 Å². The number of esters is 1. The molecular formula is C15H21ClN2O5. The fourth-order valence-electron chi connectivity index (χ4n) is 2.18. The summed E-state index contributed by atoms with van der Waals surface area (Å²) in [6.45, 7) is 0.633. The maximum atomic E-state index is 11.9. The highest BCUT2D eigenvalue weighted by atomic mass is 35.5. The highest BCUT2D eigenvalue weighted by Crippen LogP contribution is 2.13. The first-order chi connectivity index (χ1) is 10.6. The summed E-state index contributed by atoms with van der Waals surface area (Å²) in [5.41, 5.74) is 0.856. The van der Waals surface area contributed by atoms with Crippen LogP contribution >= 0.6 is 12.4 Å². The van der Waals surface area contributed by atoms with Crippen molar-refractivity contribution in [1.29, 1.82) is 0 Å². The summed E-state index contributed by atoms with van der Waals surface area (Å²) in [6, 6.07) is 6.76. The van der Waals surface area contributed by atoms with Crippen molar-refractivity contribution in [3.8, 4) is 5.75 Å². The third kappa shape index (κ3) is 6.05. The van der Waals surface area contributed by atoms with E-state index in [4.69, 9.17) is 4.74 Å². The topological polar surface area (TPSA) is 96.9 Å². The second-order valence-electron chi connectivity index (χ2n) is 5.08. The minimum atomic E-state index is -0.467. The predicted octanol–water partition coefficient (Wildman–Crippen LogP) is -0.000800. The Bertz CT molecular complexity index is 540. The minimum Gasteiger partial charge on any atom is -0.482 e. The summed E-state index contributed by atoms with van der Waals surface area (Å²) in [5.74, 6) is -0.0615. The van der Waals surface area contributed by atoms with Crippen LogP contribution in [0, 0.1) is 0 Å². The van der Waals surface area contributed by atoms with E-state index in [9.17, 15) is 14.7 Å². The molecule has 1 aromatic rings. The van der Waals surface area contributed by atoms with Crippen LogP contribution < -0.4 is 15.4 Å². The Hall–Kier alpha value is -1.83. The molecule has 2 atom stereocenters. The average Bonchev–Trinajstić information content (AvgIpc) is 2.97. The van der Waals surface area contributed by atoms with Crippen LogP contribution in [0.4, 0.5) is 0 Å². The lowest BCUT2D eigenvalue weighted by molar-refractivity contribution is -0.142. The fourth-order valence-corrected chi connectivity index (χ4v) is 2.18. The third-order valence-electron chi connectivity index (χ3n) is 3.37. The van der Waals surface area contributed by atoms with Crippen LogP contribution in [0.25, 0.3) is 0 Å². The highest BCUT2D eigenvalue weighted by Gasteiger charge is 2.27. The predicted molar refractivity (Wildman–Crippen MR) is 85.5 cm³/mol. The van der Waals surface area contributed by atoms with E-state index in [0.717, 1.165) is 5.56 Å². The zero-order valence-corrected chi connectivity index (χ0v) is 13.6. The van der Waals surface area contributed by atoms with Gasteiger partial charge in [0.1, 0.15) is 5.75 Å². The highest BCUT2D eigenvalue weighted by molar-refractivity contribution is 5.85. The second kappa shape index (κ2) is 9.34. The number of ether oxygens (including phenoxy) is 2.